The Morgan fingerprint density at radius 1 is 1.00 bits per heavy atom. The van der Waals surface area contributed by atoms with E-state index in [-0.39, 0.29) is 30.7 Å². The van der Waals surface area contributed by atoms with Gasteiger partial charge in [0.25, 0.3) is 0 Å². The number of carbonyl (C=O) groups is 2. The van der Waals surface area contributed by atoms with Crippen LogP contribution in [0.15, 0.2) is 48.5 Å². The van der Waals surface area contributed by atoms with Crippen LogP contribution in [0.25, 0.3) is 0 Å². The van der Waals surface area contributed by atoms with Crippen molar-refractivity contribution in [1.82, 2.24) is 10.2 Å². The number of hydrogen-bond acceptors (Lipinski definition) is 3. The molecule has 2 N–H and O–H groups in total. The number of anilines is 1. The molecule has 2 aromatic rings. The lowest BCUT2D eigenvalue weighted by Crippen LogP contribution is -2.42. The van der Waals surface area contributed by atoms with Crippen molar-refractivity contribution in [3.63, 3.8) is 0 Å². The molecule has 0 aliphatic rings. The van der Waals surface area contributed by atoms with Crippen LogP contribution < -0.4 is 10.6 Å². The number of aryl methyl sites for hydroxylation is 1. The number of halogens is 1. The molecule has 6 heteroatoms. The SMILES string of the molecule is CCCN(CC(=O)NCCc1ccc(F)cc1)CC(=O)Nc1ccccc1C. The number of amides is 2. The summed E-state index contributed by atoms with van der Waals surface area (Å²) in [6.07, 6.45) is 1.48. The van der Waals surface area contributed by atoms with Gasteiger partial charge in [0, 0.05) is 12.2 Å². The molecule has 0 heterocycles. The monoisotopic (exact) mass is 385 g/mol. The van der Waals surface area contributed by atoms with Crippen LogP contribution in [0.3, 0.4) is 0 Å². The second-order valence-corrected chi connectivity index (χ2v) is 6.80. The van der Waals surface area contributed by atoms with Crippen LogP contribution in [-0.4, -0.2) is 42.9 Å². The molecule has 0 atom stereocenters. The lowest BCUT2D eigenvalue weighted by Gasteiger charge is -2.21. The molecule has 150 valence electrons. The molecule has 28 heavy (non-hydrogen) atoms. The van der Waals surface area contributed by atoms with E-state index in [0.717, 1.165) is 23.2 Å². The van der Waals surface area contributed by atoms with Gasteiger partial charge in [0.05, 0.1) is 13.1 Å². The van der Waals surface area contributed by atoms with Crippen molar-refractivity contribution in [2.45, 2.75) is 26.7 Å². The van der Waals surface area contributed by atoms with Gasteiger partial charge in [-0.15, -0.1) is 0 Å². The zero-order valence-electron chi connectivity index (χ0n) is 16.5. The van der Waals surface area contributed by atoms with Crippen LogP contribution in [0.4, 0.5) is 10.1 Å². The van der Waals surface area contributed by atoms with Crippen molar-refractivity contribution >= 4 is 17.5 Å². The van der Waals surface area contributed by atoms with Gasteiger partial charge in [-0.1, -0.05) is 37.3 Å². The largest absolute Gasteiger partial charge is 0.355 e. The zero-order valence-corrected chi connectivity index (χ0v) is 16.5. The van der Waals surface area contributed by atoms with Crippen LogP contribution in [0.1, 0.15) is 24.5 Å². The third-order valence-electron chi connectivity index (χ3n) is 4.34. The molecular weight excluding hydrogens is 357 g/mol. The Hall–Kier alpha value is -2.73. The highest BCUT2D eigenvalue weighted by Gasteiger charge is 2.14. The van der Waals surface area contributed by atoms with E-state index in [1.54, 1.807) is 12.1 Å². The molecule has 0 aliphatic heterocycles. The van der Waals surface area contributed by atoms with Gasteiger partial charge >= 0.3 is 0 Å². The Labute approximate surface area is 165 Å². The lowest BCUT2D eigenvalue weighted by atomic mass is 10.1. The predicted molar refractivity (Wildman–Crippen MR) is 110 cm³/mol. The average molecular weight is 385 g/mol. The standard InChI is InChI=1S/C22H28FN3O2/c1-3-14-26(16-22(28)25-20-7-5-4-6-17(20)2)15-21(27)24-13-12-18-8-10-19(23)11-9-18/h4-11H,3,12-16H2,1-2H3,(H,24,27)(H,25,28). The fraction of sp³-hybridized carbons (Fsp3) is 0.364. The van der Waals surface area contributed by atoms with Crippen LogP contribution >= 0.6 is 0 Å². The number of carbonyl (C=O) groups excluding carboxylic acids is 2. The van der Waals surface area contributed by atoms with Crippen molar-refractivity contribution in [1.29, 1.82) is 0 Å². The minimum atomic E-state index is -0.271. The fourth-order valence-corrected chi connectivity index (χ4v) is 2.89. The summed E-state index contributed by atoms with van der Waals surface area (Å²) in [5, 5.41) is 5.76. The van der Waals surface area contributed by atoms with E-state index in [9.17, 15) is 14.0 Å². The summed E-state index contributed by atoms with van der Waals surface area (Å²) in [5.41, 5.74) is 2.74. The average Bonchev–Trinajstić information content (AvgIpc) is 2.65. The van der Waals surface area contributed by atoms with Crippen molar-refractivity contribution < 1.29 is 14.0 Å². The summed E-state index contributed by atoms with van der Waals surface area (Å²) in [6.45, 7) is 5.41. The number of nitrogens with zero attached hydrogens (tertiary/aromatic N) is 1. The minimum Gasteiger partial charge on any atom is -0.355 e. The summed E-state index contributed by atoms with van der Waals surface area (Å²) in [6, 6.07) is 13.8. The van der Waals surface area contributed by atoms with E-state index >= 15 is 0 Å². The third kappa shape index (κ3) is 7.48. The molecule has 0 spiro atoms. The Morgan fingerprint density at radius 2 is 1.68 bits per heavy atom. The highest BCUT2D eigenvalue weighted by molar-refractivity contribution is 5.93. The third-order valence-corrected chi connectivity index (χ3v) is 4.34. The molecule has 0 bridgehead atoms. The van der Waals surface area contributed by atoms with Gasteiger partial charge in [-0.05, 0) is 55.6 Å². The van der Waals surface area contributed by atoms with Crippen LogP contribution in [0, 0.1) is 12.7 Å². The molecule has 0 saturated heterocycles. The number of nitrogens with one attached hydrogen (secondary N) is 2. The van der Waals surface area contributed by atoms with Crippen LogP contribution in [-0.2, 0) is 16.0 Å². The topological polar surface area (TPSA) is 61.4 Å². The maximum atomic E-state index is 12.9. The molecule has 0 saturated carbocycles. The zero-order chi connectivity index (χ0) is 20.4. The van der Waals surface area contributed by atoms with Crippen molar-refractivity contribution in [3.8, 4) is 0 Å². The van der Waals surface area contributed by atoms with E-state index in [1.807, 2.05) is 43.0 Å². The van der Waals surface area contributed by atoms with E-state index < -0.39 is 0 Å². The van der Waals surface area contributed by atoms with Crippen molar-refractivity contribution in [3.05, 3.63) is 65.5 Å². The van der Waals surface area contributed by atoms with Crippen LogP contribution in [0.5, 0.6) is 0 Å². The Morgan fingerprint density at radius 3 is 2.36 bits per heavy atom. The van der Waals surface area contributed by atoms with Crippen molar-refractivity contribution in [2.24, 2.45) is 0 Å². The molecule has 0 aliphatic carbocycles. The van der Waals surface area contributed by atoms with Gasteiger partial charge in [0.2, 0.25) is 11.8 Å². The quantitative estimate of drug-likeness (QED) is 0.661. The second kappa shape index (κ2) is 11.2. The summed E-state index contributed by atoms with van der Waals surface area (Å²) in [5.74, 6) is -0.534. The van der Waals surface area contributed by atoms with Gasteiger partial charge in [-0.3, -0.25) is 14.5 Å². The van der Waals surface area contributed by atoms with Crippen molar-refractivity contribution in [2.75, 3.05) is 31.5 Å². The fourth-order valence-electron chi connectivity index (χ4n) is 2.89. The Balaban J connectivity index is 1.78. The molecule has 5 nitrogen and oxygen atoms in total. The molecular formula is C22H28FN3O2. The molecule has 0 unspecified atom stereocenters. The molecule has 0 fully saturated rings. The summed E-state index contributed by atoms with van der Waals surface area (Å²) >= 11 is 0. The first-order valence-corrected chi connectivity index (χ1v) is 9.57. The van der Waals surface area contributed by atoms with E-state index in [1.165, 1.54) is 12.1 Å². The van der Waals surface area contributed by atoms with Gasteiger partial charge in [0.1, 0.15) is 5.82 Å². The van der Waals surface area contributed by atoms with E-state index in [4.69, 9.17) is 0 Å². The first-order chi connectivity index (χ1) is 13.5. The molecule has 2 aromatic carbocycles. The highest BCUT2D eigenvalue weighted by atomic mass is 19.1. The first kappa shape index (κ1) is 21.6. The highest BCUT2D eigenvalue weighted by Crippen LogP contribution is 2.13. The molecule has 2 rings (SSSR count). The van der Waals surface area contributed by atoms with Gasteiger partial charge in [0.15, 0.2) is 0 Å². The van der Waals surface area contributed by atoms with E-state index in [0.29, 0.717) is 19.5 Å². The molecule has 2 amide bonds. The van der Waals surface area contributed by atoms with E-state index in [2.05, 4.69) is 10.6 Å². The number of hydrogen-bond donors (Lipinski definition) is 2. The Kier molecular flexibility index (Phi) is 8.62. The lowest BCUT2D eigenvalue weighted by molar-refractivity contribution is -0.123. The van der Waals surface area contributed by atoms with Gasteiger partial charge in [-0.2, -0.15) is 0 Å². The normalized spacial score (nSPS) is 10.7. The smallest absolute Gasteiger partial charge is 0.238 e. The molecule has 0 radical (unpaired) electrons. The predicted octanol–water partition coefficient (Wildman–Crippen LogP) is 3.14. The van der Waals surface area contributed by atoms with Gasteiger partial charge < -0.3 is 10.6 Å². The maximum absolute atomic E-state index is 12.9. The molecule has 0 aromatic heterocycles. The minimum absolute atomic E-state index is 0.126. The van der Waals surface area contributed by atoms with Gasteiger partial charge in [-0.25, -0.2) is 4.39 Å². The number of para-hydroxylation sites is 1. The van der Waals surface area contributed by atoms with Crippen LogP contribution in [0.2, 0.25) is 0 Å². The summed E-state index contributed by atoms with van der Waals surface area (Å²) in [4.78, 5) is 26.4. The summed E-state index contributed by atoms with van der Waals surface area (Å²) < 4.78 is 12.9. The number of benzene rings is 2. The second-order valence-electron chi connectivity index (χ2n) is 6.80. The summed E-state index contributed by atoms with van der Waals surface area (Å²) in [7, 11) is 0. The number of rotatable bonds is 10. The maximum Gasteiger partial charge on any atom is 0.238 e. The first-order valence-electron chi connectivity index (χ1n) is 9.57. The Bertz CT molecular complexity index is 778.